The molecule has 0 fully saturated rings. The lowest BCUT2D eigenvalue weighted by atomic mass is 9.33. The second-order valence-electron chi connectivity index (χ2n) is 29.8. The van der Waals surface area contributed by atoms with Crippen molar-refractivity contribution in [3.63, 3.8) is 0 Å². The van der Waals surface area contributed by atoms with Gasteiger partial charge in [-0.1, -0.05) is 430 Å². The molecule has 0 saturated carbocycles. The average Bonchev–Trinajstić information content (AvgIpc) is 0.769. The third kappa shape index (κ3) is 16.2. The highest BCUT2D eigenvalue weighted by molar-refractivity contribution is 6.98. The first kappa shape index (κ1) is 75.4. The Morgan fingerprint density at radius 2 is 0.333 bits per heavy atom. The molecule has 0 aromatic heterocycles. The lowest BCUT2D eigenvalue weighted by Crippen LogP contribution is -2.57. The van der Waals surface area contributed by atoms with Crippen molar-refractivity contribution in [3.05, 3.63) is 379 Å². The van der Waals surface area contributed by atoms with E-state index in [1.807, 2.05) is 18.2 Å². The van der Waals surface area contributed by atoms with Crippen molar-refractivity contribution in [1.82, 2.24) is 0 Å². The summed E-state index contributed by atoms with van der Waals surface area (Å²) < 4.78 is 0. The van der Waals surface area contributed by atoms with E-state index in [1.165, 1.54) is 199 Å². The second-order valence-corrected chi connectivity index (χ2v) is 29.8. The van der Waals surface area contributed by atoms with Crippen LogP contribution in [0.1, 0.15) is 117 Å². The molecule has 0 saturated heterocycles. The van der Waals surface area contributed by atoms with Crippen LogP contribution in [0.3, 0.4) is 0 Å². The molecule has 13 rings (SSSR count). The summed E-state index contributed by atoms with van der Waals surface area (Å²) in [6, 6.07) is 89.0. The SMILES string of the molecule is C=Cc1cc(C)c(B(c2c(C)cccc2C)c2c(C)cccc2C)c(C)c1.C=Cc1ccc(-c2cc(C)c(B(c3c(C)cc(-c4ccccc4)cc3C)c3c(C)cc(-c4ccccc4)cc3C)c(C)c2)cc1.C=Cc1ccc(-c2cc(C)c(B(c3c(C)cccc3C)c3c(C)cccc3C)c(C)c2)cc1. The number of hydrogen-bond donors (Lipinski definition) is 0. The van der Waals surface area contributed by atoms with Gasteiger partial charge >= 0.3 is 0 Å². The largest absolute Gasteiger partial charge is 0.243 e. The van der Waals surface area contributed by atoms with Crippen molar-refractivity contribution in [2.75, 3.05) is 0 Å². The van der Waals surface area contributed by atoms with Crippen LogP contribution < -0.4 is 49.2 Å². The van der Waals surface area contributed by atoms with Gasteiger partial charge in [-0.2, -0.15) is 0 Å². The lowest BCUT2D eigenvalue weighted by molar-refractivity contribution is 1.38. The molecule has 0 amide bonds. The van der Waals surface area contributed by atoms with Gasteiger partial charge in [0.05, 0.1) is 0 Å². The molecule has 0 nitrogen and oxygen atoms in total. The maximum absolute atomic E-state index is 3.96. The lowest BCUT2D eigenvalue weighted by Gasteiger charge is -2.28. The van der Waals surface area contributed by atoms with Gasteiger partial charge in [0.15, 0.2) is 0 Å². The highest BCUT2D eigenvalue weighted by Gasteiger charge is 2.34. The minimum atomic E-state index is 0.108. The van der Waals surface area contributed by atoms with Crippen LogP contribution in [-0.2, 0) is 0 Å². The fraction of sp³-hybridized carbons (Fsp3) is 0.176. The van der Waals surface area contributed by atoms with Gasteiger partial charge in [0.1, 0.15) is 0 Å². The molecule has 0 radical (unpaired) electrons. The summed E-state index contributed by atoms with van der Waals surface area (Å²) in [5.41, 5.74) is 50.5. The summed E-state index contributed by atoms with van der Waals surface area (Å²) in [6.07, 6.45) is 5.73. The molecule has 0 bridgehead atoms. The predicted octanol–water partition coefficient (Wildman–Crippen LogP) is 20.8. The van der Waals surface area contributed by atoms with E-state index >= 15 is 0 Å². The van der Waals surface area contributed by atoms with Crippen molar-refractivity contribution < 1.29 is 0 Å². The van der Waals surface area contributed by atoms with E-state index in [2.05, 4.69) is 387 Å². The van der Waals surface area contributed by atoms with Gasteiger partial charge in [-0.15, -0.1) is 0 Å². The molecule has 0 heterocycles. The van der Waals surface area contributed by atoms with Crippen LogP contribution in [0.15, 0.2) is 262 Å². The van der Waals surface area contributed by atoms with Crippen molar-refractivity contribution >= 4 is 87.5 Å². The maximum atomic E-state index is 3.96. The van der Waals surface area contributed by atoms with Gasteiger partial charge in [0.25, 0.3) is 0 Å². The number of benzene rings is 13. The molecule has 0 aliphatic carbocycles. The molecule has 0 unspecified atom stereocenters. The minimum Gasteiger partial charge on any atom is -0.0985 e. The highest BCUT2D eigenvalue weighted by atomic mass is 14.2. The first-order valence-corrected chi connectivity index (χ1v) is 37.4. The molecular weight excluding hydrogens is 1260 g/mol. The van der Waals surface area contributed by atoms with Crippen LogP contribution >= 0.6 is 0 Å². The molecule has 0 aliphatic heterocycles. The van der Waals surface area contributed by atoms with Gasteiger partial charge in [-0.05, 0) is 186 Å². The van der Waals surface area contributed by atoms with Crippen LogP contribution in [0, 0.1) is 125 Å². The van der Waals surface area contributed by atoms with Gasteiger partial charge in [-0.25, -0.2) is 0 Å². The number of aryl methyl sites for hydroxylation is 18. The van der Waals surface area contributed by atoms with E-state index in [-0.39, 0.29) is 20.1 Å². The molecule has 0 aliphatic rings. The normalized spacial score (nSPS) is 10.9. The van der Waals surface area contributed by atoms with E-state index < -0.39 is 0 Å². The van der Waals surface area contributed by atoms with Gasteiger partial charge < -0.3 is 0 Å². The summed E-state index contributed by atoms with van der Waals surface area (Å²) in [6.45, 7) is 53.1. The topological polar surface area (TPSA) is 0 Å². The van der Waals surface area contributed by atoms with Gasteiger partial charge in [0, 0.05) is 0 Å². The second kappa shape index (κ2) is 32.9. The zero-order chi connectivity index (χ0) is 75.1. The maximum Gasteiger partial charge on any atom is 0.243 e. The number of rotatable bonds is 16. The monoisotopic (exact) mass is 1360 g/mol. The third-order valence-electron chi connectivity index (χ3n) is 22.2. The molecule has 520 valence electrons. The average molecular weight is 1360 g/mol. The summed E-state index contributed by atoms with van der Waals surface area (Å²) in [7, 11) is 0. The Labute approximate surface area is 631 Å². The molecule has 105 heavy (non-hydrogen) atoms. The fourth-order valence-electron chi connectivity index (χ4n) is 17.3. The third-order valence-corrected chi connectivity index (χ3v) is 22.2. The van der Waals surface area contributed by atoms with Crippen LogP contribution in [0.2, 0.25) is 0 Å². The molecule has 3 heteroatoms. The minimum absolute atomic E-state index is 0.108. The Balaban J connectivity index is 0.000000163. The van der Waals surface area contributed by atoms with Crippen molar-refractivity contribution in [2.45, 2.75) is 125 Å². The van der Waals surface area contributed by atoms with E-state index in [9.17, 15) is 0 Å². The zero-order valence-electron chi connectivity index (χ0n) is 65.7. The quantitative estimate of drug-likeness (QED) is 0.0846. The van der Waals surface area contributed by atoms with Gasteiger partial charge in [0.2, 0.25) is 20.1 Å². The molecular formula is C102H103B3. The Morgan fingerprint density at radius 1 is 0.162 bits per heavy atom. The Kier molecular flexibility index (Phi) is 23.7. The van der Waals surface area contributed by atoms with Crippen LogP contribution in [0.5, 0.6) is 0 Å². The molecule has 0 spiro atoms. The molecule has 0 N–H and O–H groups in total. The fourth-order valence-corrected chi connectivity index (χ4v) is 17.3. The van der Waals surface area contributed by atoms with Gasteiger partial charge in [-0.3, -0.25) is 0 Å². The Morgan fingerprint density at radius 3 is 0.524 bits per heavy atom. The zero-order valence-corrected chi connectivity index (χ0v) is 65.7. The predicted molar refractivity (Wildman–Crippen MR) is 469 cm³/mol. The Hall–Kier alpha value is -10.7. The first-order valence-electron chi connectivity index (χ1n) is 37.4. The van der Waals surface area contributed by atoms with E-state index in [1.54, 1.807) is 0 Å². The van der Waals surface area contributed by atoms with Crippen LogP contribution in [0.4, 0.5) is 0 Å². The summed E-state index contributed by atoms with van der Waals surface area (Å²) >= 11 is 0. The Bertz CT molecular complexity index is 4980. The van der Waals surface area contributed by atoms with Crippen molar-refractivity contribution in [3.8, 4) is 44.5 Å². The van der Waals surface area contributed by atoms with E-state index in [0.717, 1.165) is 11.1 Å². The van der Waals surface area contributed by atoms with Crippen molar-refractivity contribution in [1.29, 1.82) is 0 Å². The standard InChI is InChI=1S/C44H41B.C32H33B.C26H29B/c1-8-35-19-21-38(22-20-35)41-27-33(6)44(34(7)28-41)45(42-29(2)23-39(24-30(42)3)36-15-11-9-12-16-36)43-31(4)25-40(26-32(43)5)37-17-13-10-14-18-37;1-8-27-15-17-28(18-16-27)29-19-25(6)32(26(7)20-29)33(30-21(2)11-9-12-22(30)3)31-23(4)13-10-14-24(31)5;1-8-23-15-21(6)26(22(7)16-23)27(24-17(2)11-9-12-18(24)3)25-19(4)13-10-14-20(25)5/h8-28H,1H2,2-7H3;8-20H,1H2,2-7H3;8-16H,1H2,2-7H3. The van der Waals surface area contributed by atoms with Crippen LogP contribution in [0.25, 0.3) is 62.7 Å². The molecule has 13 aromatic carbocycles. The van der Waals surface area contributed by atoms with E-state index in [0.29, 0.717) is 0 Å². The van der Waals surface area contributed by atoms with E-state index in [4.69, 9.17) is 0 Å². The molecule has 0 atom stereocenters. The summed E-state index contributed by atoms with van der Waals surface area (Å²) in [5.74, 6) is 0. The summed E-state index contributed by atoms with van der Waals surface area (Å²) in [4.78, 5) is 0. The summed E-state index contributed by atoms with van der Waals surface area (Å²) in [5, 5.41) is 0. The van der Waals surface area contributed by atoms with Crippen molar-refractivity contribution in [2.24, 2.45) is 0 Å². The highest BCUT2D eigenvalue weighted by Crippen LogP contribution is 2.29. The molecule has 13 aromatic rings. The number of hydrogen-bond acceptors (Lipinski definition) is 0. The van der Waals surface area contributed by atoms with Crippen LogP contribution in [-0.4, -0.2) is 20.1 Å². The first-order chi connectivity index (χ1) is 50.4. The smallest absolute Gasteiger partial charge is 0.0985 e.